The Morgan fingerprint density at radius 2 is 1.82 bits per heavy atom. The lowest BCUT2D eigenvalue weighted by Crippen LogP contribution is -1.99. The van der Waals surface area contributed by atoms with E-state index in [-0.39, 0.29) is 18.1 Å². The van der Waals surface area contributed by atoms with Crippen molar-refractivity contribution < 1.29 is 0 Å². The number of benzene rings is 1. The third kappa shape index (κ3) is 2.05. The molecule has 0 radical (unpaired) electrons. The molecule has 3 rings (SSSR count). The van der Waals surface area contributed by atoms with Crippen LogP contribution in [-0.4, -0.2) is 19.9 Å². The maximum atomic E-state index is 11.1. The van der Waals surface area contributed by atoms with Gasteiger partial charge < -0.3 is 4.98 Å². The Labute approximate surface area is 102 Å². The summed E-state index contributed by atoms with van der Waals surface area (Å²) in [5, 5.41) is 0. The molecule has 1 aromatic carbocycles. The average Bonchev–Trinajstić information content (AvgIpc) is 2.69. The molecule has 0 saturated heterocycles. The first-order valence-electron chi connectivity index (χ1n) is 4.83. The lowest BCUT2D eigenvalue weighted by Gasteiger charge is -1.98. The molecule has 5 nitrogen and oxygen atoms in total. The second-order valence-electron chi connectivity index (χ2n) is 3.40. The number of H-pyrrole nitrogens is 2. The van der Waals surface area contributed by atoms with Crippen molar-refractivity contribution in [2.75, 3.05) is 0 Å². The van der Waals surface area contributed by atoms with E-state index in [1.807, 2.05) is 30.3 Å². The van der Waals surface area contributed by atoms with Gasteiger partial charge in [0.25, 0.3) is 0 Å². The number of nitrogens with one attached hydrogen (secondary N) is 2. The zero-order chi connectivity index (χ0) is 11.0. The first-order valence-corrected chi connectivity index (χ1v) is 4.83. The molecule has 0 atom stereocenters. The summed E-state index contributed by atoms with van der Waals surface area (Å²) < 4.78 is 0. The Kier molecular flexibility index (Phi) is 2.93. The molecule has 0 unspecified atom stereocenters. The highest BCUT2D eigenvalue weighted by Crippen LogP contribution is 2.14. The van der Waals surface area contributed by atoms with Crippen LogP contribution < -0.4 is 5.69 Å². The molecule has 17 heavy (non-hydrogen) atoms. The second-order valence-corrected chi connectivity index (χ2v) is 3.40. The SMILES string of the molecule is Cl.O=c1[nH]c2cnc(-c3ccccc3)nc2[nH]1. The molecule has 0 aliphatic heterocycles. The molecule has 2 heterocycles. The van der Waals surface area contributed by atoms with E-state index in [9.17, 15) is 4.79 Å². The molecule has 6 heteroatoms. The minimum absolute atomic E-state index is 0. The normalized spacial score (nSPS) is 10.1. The minimum Gasteiger partial charge on any atom is -0.303 e. The number of aromatic nitrogens is 4. The summed E-state index contributed by atoms with van der Waals surface area (Å²) >= 11 is 0. The van der Waals surface area contributed by atoms with Gasteiger partial charge in [-0.1, -0.05) is 30.3 Å². The van der Waals surface area contributed by atoms with E-state index >= 15 is 0 Å². The number of halogens is 1. The molecule has 0 amide bonds. The highest BCUT2D eigenvalue weighted by atomic mass is 35.5. The Morgan fingerprint density at radius 1 is 1.06 bits per heavy atom. The summed E-state index contributed by atoms with van der Waals surface area (Å²) in [4.78, 5) is 24.7. The third-order valence-corrected chi connectivity index (χ3v) is 2.30. The molecule has 2 N–H and O–H groups in total. The number of hydrogen-bond acceptors (Lipinski definition) is 3. The molecule has 86 valence electrons. The van der Waals surface area contributed by atoms with Crippen LogP contribution in [0.15, 0.2) is 41.3 Å². The maximum absolute atomic E-state index is 11.1. The number of nitrogens with zero attached hydrogens (tertiary/aromatic N) is 2. The van der Waals surface area contributed by atoms with Gasteiger partial charge in [0.2, 0.25) is 0 Å². The van der Waals surface area contributed by atoms with E-state index < -0.39 is 0 Å². The summed E-state index contributed by atoms with van der Waals surface area (Å²) in [6, 6.07) is 9.61. The van der Waals surface area contributed by atoms with Crippen LogP contribution in [-0.2, 0) is 0 Å². The van der Waals surface area contributed by atoms with Gasteiger partial charge in [0.05, 0.1) is 6.20 Å². The molecule has 0 spiro atoms. The number of rotatable bonds is 1. The lowest BCUT2D eigenvalue weighted by atomic mass is 10.2. The average molecular weight is 249 g/mol. The fraction of sp³-hybridized carbons (Fsp3) is 0. The fourth-order valence-corrected chi connectivity index (χ4v) is 1.56. The molecule has 0 saturated carbocycles. The van der Waals surface area contributed by atoms with Crippen LogP contribution in [0.1, 0.15) is 0 Å². The Morgan fingerprint density at radius 3 is 2.59 bits per heavy atom. The van der Waals surface area contributed by atoms with Gasteiger partial charge in [-0.25, -0.2) is 14.8 Å². The minimum atomic E-state index is -0.269. The Hall–Kier alpha value is -2.14. The van der Waals surface area contributed by atoms with Crippen molar-refractivity contribution in [1.82, 2.24) is 19.9 Å². The van der Waals surface area contributed by atoms with E-state index in [1.165, 1.54) is 0 Å². The molecular weight excluding hydrogens is 240 g/mol. The first-order chi connectivity index (χ1) is 7.83. The van der Waals surface area contributed by atoms with Crippen molar-refractivity contribution >= 4 is 23.6 Å². The second kappa shape index (κ2) is 4.39. The molecule has 0 fully saturated rings. The highest BCUT2D eigenvalue weighted by molar-refractivity contribution is 5.85. The van der Waals surface area contributed by atoms with E-state index in [1.54, 1.807) is 6.20 Å². The van der Waals surface area contributed by atoms with E-state index in [4.69, 9.17) is 0 Å². The van der Waals surface area contributed by atoms with Crippen molar-refractivity contribution in [1.29, 1.82) is 0 Å². The lowest BCUT2D eigenvalue weighted by molar-refractivity contribution is 1.19. The van der Waals surface area contributed by atoms with E-state index in [0.29, 0.717) is 17.0 Å². The smallest absolute Gasteiger partial charge is 0.303 e. The number of fused-ring (bicyclic) bond motifs is 1. The topological polar surface area (TPSA) is 74.4 Å². The van der Waals surface area contributed by atoms with E-state index in [2.05, 4.69) is 19.9 Å². The molecular formula is C11H9ClN4O. The molecule has 0 aliphatic carbocycles. The quantitative estimate of drug-likeness (QED) is 0.689. The zero-order valence-electron chi connectivity index (χ0n) is 8.68. The van der Waals surface area contributed by atoms with Crippen molar-refractivity contribution in [2.45, 2.75) is 0 Å². The molecule has 3 aromatic rings. The highest BCUT2D eigenvalue weighted by Gasteiger charge is 2.04. The molecule has 0 aliphatic rings. The molecule has 0 bridgehead atoms. The van der Waals surface area contributed by atoms with Crippen LogP contribution >= 0.6 is 12.4 Å². The first kappa shape index (κ1) is 11.3. The van der Waals surface area contributed by atoms with Gasteiger partial charge in [-0.3, -0.25) is 4.98 Å². The van der Waals surface area contributed by atoms with Crippen molar-refractivity contribution in [2.24, 2.45) is 0 Å². The summed E-state index contributed by atoms with van der Waals surface area (Å²) in [6.45, 7) is 0. The van der Waals surface area contributed by atoms with Crippen LogP contribution in [0.3, 0.4) is 0 Å². The van der Waals surface area contributed by atoms with Crippen molar-refractivity contribution in [3.63, 3.8) is 0 Å². The van der Waals surface area contributed by atoms with Crippen molar-refractivity contribution in [3.05, 3.63) is 47.0 Å². The zero-order valence-corrected chi connectivity index (χ0v) is 9.49. The summed E-state index contributed by atoms with van der Waals surface area (Å²) in [5.74, 6) is 0.600. The van der Waals surface area contributed by atoms with Gasteiger partial charge in [0.15, 0.2) is 11.5 Å². The molecule has 2 aromatic heterocycles. The van der Waals surface area contributed by atoms with Gasteiger partial charge in [0.1, 0.15) is 5.52 Å². The van der Waals surface area contributed by atoms with Crippen LogP contribution in [0.2, 0.25) is 0 Å². The summed E-state index contributed by atoms with van der Waals surface area (Å²) in [6.07, 6.45) is 1.60. The summed E-state index contributed by atoms with van der Waals surface area (Å²) in [5.41, 5.74) is 1.80. The number of hydrogen-bond donors (Lipinski definition) is 2. The van der Waals surface area contributed by atoms with Crippen LogP contribution in [0.4, 0.5) is 0 Å². The van der Waals surface area contributed by atoms with E-state index in [0.717, 1.165) is 5.56 Å². The third-order valence-electron chi connectivity index (χ3n) is 2.30. The largest absolute Gasteiger partial charge is 0.325 e. The van der Waals surface area contributed by atoms with Gasteiger partial charge >= 0.3 is 5.69 Å². The van der Waals surface area contributed by atoms with Crippen LogP contribution in [0.25, 0.3) is 22.6 Å². The predicted molar refractivity (Wildman–Crippen MR) is 67.2 cm³/mol. The van der Waals surface area contributed by atoms with Gasteiger partial charge in [-0.15, -0.1) is 12.4 Å². The monoisotopic (exact) mass is 248 g/mol. The fourth-order valence-electron chi connectivity index (χ4n) is 1.56. The predicted octanol–water partition coefficient (Wildman–Crippen LogP) is 1.73. The van der Waals surface area contributed by atoms with Crippen molar-refractivity contribution in [3.8, 4) is 11.4 Å². The van der Waals surface area contributed by atoms with Gasteiger partial charge in [-0.2, -0.15) is 0 Å². The van der Waals surface area contributed by atoms with Gasteiger partial charge in [0, 0.05) is 5.56 Å². The Balaban J connectivity index is 0.00000108. The standard InChI is InChI=1S/C11H8N4O.ClH/c16-11-13-8-6-12-9(14-10(8)15-11)7-4-2-1-3-5-7;/h1-6H,(H2,12,13,14,15,16);1H. The van der Waals surface area contributed by atoms with Crippen LogP contribution in [0, 0.1) is 0 Å². The number of aromatic amines is 2. The number of imidazole rings is 1. The van der Waals surface area contributed by atoms with Crippen LogP contribution in [0.5, 0.6) is 0 Å². The Bertz CT molecular complexity index is 689. The maximum Gasteiger partial charge on any atom is 0.325 e. The summed E-state index contributed by atoms with van der Waals surface area (Å²) in [7, 11) is 0. The van der Waals surface area contributed by atoms with Gasteiger partial charge in [-0.05, 0) is 0 Å².